The van der Waals surface area contributed by atoms with Gasteiger partial charge >= 0.3 is 6.09 Å². The molecular weight excluding hydrogens is 506 g/mol. The minimum Gasteiger partial charge on any atom is -0.497 e. The Balaban J connectivity index is 1.85. The van der Waals surface area contributed by atoms with E-state index in [0.717, 1.165) is 10.0 Å². The molecule has 1 aromatic carbocycles. The molecule has 3 rings (SSSR count). The molecule has 4 N–H and O–H groups in total. The lowest BCUT2D eigenvalue weighted by atomic mass is 10.1. The predicted molar refractivity (Wildman–Crippen MR) is 130 cm³/mol. The molecule has 0 aliphatic heterocycles. The zero-order chi connectivity index (χ0) is 24.9. The van der Waals surface area contributed by atoms with Gasteiger partial charge in [0, 0.05) is 29.6 Å². The lowest BCUT2D eigenvalue weighted by Gasteiger charge is -2.23. The molecule has 1 atom stereocenters. The number of benzene rings is 1. The quantitative estimate of drug-likeness (QED) is 0.420. The van der Waals surface area contributed by atoms with Gasteiger partial charge in [-0.15, -0.1) is 0 Å². The number of nitrogens with zero attached hydrogens (tertiary/aromatic N) is 4. The van der Waals surface area contributed by atoms with Crippen molar-refractivity contribution in [2.45, 2.75) is 32.4 Å². The number of carbonyl (C=O) groups is 2. The van der Waals surface area contributed by atoms with Crippen LogP contribution in [0.5, 0.6) is 5.75 Å². The first-order chi connectivity index (χ1) is 16.1. The van der Waals surface area contributed by atoms with Crippen molar-refractivity contribution < 1.29 is 19.1 Å². The first-order valence-corrected chi connectivity index (χ1v) is 11.1. The number of anilines is 2. The number of carbonyl (C=O) groups excluding carboxylic acids is 2. The van der Waals surface area contributed by atoms with Gasteiger partial charge in [-0.1, -0.05) is 15.9 Å². The Hall–Kier alpha value is -3.67. The number of hydrogen-bond donors (Lipinski definition) is 3. The van der Waals surface area contributed by atoms with E-state index in [1.165, 1.54) is 18.6 Å². The Morgan fingerprint density at radius 2 is 1.94 bits per heavy atom. The smallest absolute Gasteiger partial charge is 0.407 e. The van der Waals surface area contributed by atoms with Gasteiger partial charge in [-0.2, -0.15) is 5.10 Å². The largest absolute Gasteiger partial charge is 0.497 e. The number of amides is 2. The number of methoxy groups -OCH3 is 1. The summed E-state index contributed by atoms with van der Waals surface area (Å²) in [6.45, 7) is 5.53. The van der Waals surface area contributed by atoms with Crippen molar-refractivity contribution in [3.05, 3.63) is 58.7 Å². The van der Waals surface area contributed by atoms with Crippen LogP contribution in [0.2, 0.25) is 0 Å². The third kappa shape index (κ3) is 6.67. The van der Waals surface area contributed by atoms with E-state index in [1.807, 2.05) is 18.2 Å². The number of aromatic nitrogens is 4. The number of halogens is 1. The predicted octanol–water partition coefficient (Wildman–Crippen LogP) is 3.39. The minimum atomic E-state index is -0.635. The van der Waals surface area contributed by atoms with Gasteiger partial charge < -0.3 is 25.8 Å². The summed E-state index contributed by atoms with van der Waals surface area (Å²) in [7, 11) is 1.57. The Labute approximate surface area is 205 Å². The van der Waals surface area contributed by atoms with Crippen LogP contribution in [0.15, 0.2) is 47.5 Å². The molecule has 0 saturated heterocycles. The van der Waals surface area contributed by atoms with Crippen molar-refractivity contribution in [2.75, 3.05) is 24.7 Å². The van der Waals surface area contributed by atoms with E-state index in [2.05, 4.69) is 41.6 Å². The fourth-order valence-electron chi connectivity index (χ4n) is 3.04. The van der Waals surface area contributed by atoms with Crippen molar-refractivity contribution in [2.24, 2.45) is 0 Å². The standard InChI is InChI=1S/C22H26BrN7O4/c1-22(2,3)34-21(32)27-11-17(13-7-14(23)9-16(8-13)33-4)30-12-15(10-28-30)29-20(31)18-19(24)26-6-5-25-18/h5-10,12,17H,11H2,1-4H3,(H2,24,26)(H,27,32)(H,29,31). The van der Waals surface area contributed by atoms with E-state index in [-0.39, 0.29) is 18.1 Å². The summed E-state index contributed by atoms with van der Waals surface area (Å²) in [5.74, 6) is 0.135. The normalized spacial score (nSPS) is 12.0. The molecule has 180 valence electrons. The molecule has 0 aliphatic carbocycles. The summed E-state index contributed by atoms with van der Waals surface area (Å²) in [4.78, 5) is 32.6. The zero-order valence-electron chi connectivity index (χ0n) is 19.2. The molecule has 2 aromatic heterocycles. The molecule has 12 heteroatoms. The van der Waals surface area contributed by atoms with Gasteiger partial charge in [-0.25, -0.2) is 14.8 Å². The molecular formula is C22H26BrN7O4. The molecule has 11 nitrogen and oxygen atoms in total. The summed E-state index contributed by atoms with van der Waals surface area (Å²) >= 11 is 3.48. The SMILES string of the molecule is COc1cc(Br)cc(C(CNC(=O)OC(C)(C)C)n2cc(NC(=O)c3nccnc3N)cn2)c1. The van der Waals surface area contributed by atoms with Crippen LogP contribution in [0, 0.1) is 0 Å². The van der Waals surface area contributed by atoms with Crippen molar-refractivity contribution in [1.29, 1.82) is 0 Å². The van der Waals surface area contributed by atoms with E-state index < -0.39 is 23.6 Å². The lowest BCUT2D eigenvalue weighted by molar-refractivity contribution is 0.0522. The van der Waals surface area contributed by atoms with E-state index in [9.17, 15) is 9.59 Å². The number of nitrogens with two attached hydrogens (primary N) is 1. The highest BCUT2D eigenvalue weighted by atomic mass is 79.9. The summed E-state index contributed by atoms with van der Waals surface area (Å²) in [6.07, 6.45) is 5.35. The van der Waals surface area contributed by atoms with Gasteiger partial charge in [-0.05, 0) is 44.5 Å². The number of rotatable bonds is 7. The first-order valence-electron chi connectivity index (χ1n) is 10.3. The van der Waals surface area contributed by atoms with Crippen molar-refractivity contribution in [3.63, 3.8) is 0 Å². The van der Waals surface area contributed by atoms with Gasteiger partial charge in [0.1, 0.15) is 11.4 Å². The van der Waals surface area contributed by atoms with Crippen LogP contribution in [0.1, 0.15) is 42.9 Å². The van der Waals surface area contributed by atoms with Gasteiger partial charge in [0.25, 0.3) is 5.91 Å². The number of nitrogens with one attached hydrogen (secondary N) is 2. The number of ether oxygens (including phenoxy) is 2. The number of alkyl carbamates (subject to hydrolysis) is 1. The number of hydrogen-bond acceptors (Lipinski definition) is 8. The van der Waals surface area contributed by atoms with Crippen molar-refractivity contribution >= 4 is 39.4 Å². The second kappa shape index (κ2) is 10.5. The first kappa shape index (κ1) is 25.0. The van der Waals surface area contributed by atoms with Gasteiger partial charge in [0.2, 0.25) is 0 Å². The van der Waals surface area contributed by atoms with E-state index in [0.29, 0.717) is 11.4 Å². The molecule has 1 unspecified atom stereocenters. The van der Waals surface area contributed by atoms with Crippen LogP contribution < -0.4 is 21.1 Å². The molecule has 2 amide bonds. The Morgan fingerprint density at radius 3 is 2.62 bits per heavy atom. The van der Waals surface area contributed by atoms with Gasteiger partial charge in [0.05, 0.1) is 25.0 Å². The lowest BCUT2D eigenvalue weighted by Crippen LogP contribution is -2.36. The monoisotopic (exact) mass is 531 g/mol. The molecule has 0 aliphatic rings. The highest BCUT2D eigenvalue weighted by Gasteiger charge is 2.22. The van der Waals surface area contributed by atoms with Crippen molar-refractivity contribution in [1.82, 2.24) is 25.1 Å². The second-order valence-electron chi connectivity index (χ2n) is 8.28. The molecule has 0 saturated carbocycles. The molecule has 0 fully saturated rings. The third-order valence-electron chi connectivity index (χ3n) is 4.47. The average molecular weight is 532 g/mol. The van der Waals surface area contributed by atoms with E-state index in [1.54, 1.807) is 38.8 Å². The van der Waals surface area contributed by atoms with Gasteiger partial charge in [0.15, 0.2) is 11.5 Å². The highest BCUT2D eigenvalue weighted by molar-refractivity contribution is 9.10. The average Bonchev–Trinajstić information content (AvgIpc) is 3.20. The van der Waals surface area contributed by atoms with Crippen molar-refractivity contribution in [3.8, 4) is 5.75 Å². The zero-order valence-corrected chi connectivity index (χ0v) is 20.8. The number of nitrogen functional groups attached to an aromatic ring is 1. The molecule has 0 radical (unpaired) electrons. The maximum absolute atomic E-state index is 12.5. The Kier molecular flexibility index (Phi) is 7.72. The summed E-state index contributed by atoms with van der Waals surface area (Å²) in [6, 6.07) is 5.12. The van der Waals surface area contributed by atoms with Gasteiger partial charge in [-0.3, -0.25) is 9.48 Å². The van der Waals surface area contributed by atoms with Crippen LogP contribution in [-0.4, -0.2) is 51.0 Å². The van der Waals surface area contributed by atoms with E-state index >= 15 is 0 Å². The summed E-state index contributed by atoms with van der Waals surface area (Å²) in [5, 5.41) is 9.87. The minimum absolute atomic E-state index is 0.00937. The van der Waals surface area contributed by atoms with Crippen LogP contribution >= 0.6 is 15.9 Å². The topological polar surface area (TPSA) is 146 Å². The molecule has 0 spiro atoms. The van der Waals surface area contributed by atoms with Crippen LogP contribution in [0.25, 0.3) is 0 Å². The summed E-state index contributed by atoms with van der Waals surface area (Å²) < 4.78 is 13.1. The van der Waals surface area contributed by atoms with Crippen LogP contribution in [-0.2, 0) is 4.74 Å². The molecule has 0 bridgehead atoms. The fraction of sp³-hybridized carbons (Fsp3) is 0.318. The molecule has 34 heavy (non-hydrogen) atoms. The van der Waals surface area contributed by atoms with Crippen LogP contribution in [0.3, 0.4) is 0 Å². The van der Waals surface area contributed by atoms with Crippen LogP contribution in [0.4, 0.5) is 16.3 Å². The highest BCUT2D eigenvalue weighted by Crippen LogP contribution is 2.28. The third-order valence-corrected chi connectivity index (χ3v) is 4.93. The Bertz CT molecular complexity index is 1180. The Morgan fingerprint density at radius 1 is 1.21 bits per heavy atom. The molecule has 3 aromatic rings. The second-order valence-corrected chi connectivity index (χ2v) is 9.19. The maximum Gasteiger partial charge on any atom is 0.407 e. The molecule has 2 heterocycles. The van der Waals surface area contributed by atoms with E-state index in [4.69, 9.17) is 15.2 Å². The fourth-order valence-corrected chi connectivity index (χ4v) is 3.53. The maximum atomic E-state index is 12.5. The summed E-state index contributed by atoms with van der Waals surface area (Å²) in [5.41, 5.74) is 6.33.